The molecule has 0 bridgehead atoms. The molecule has 1 heterocycles. The molecule has 6 nitrogen and oxygen atoms in total. The molecular formula is C11H15BN2O4. The summed E-state index contributed by atoms with van der Waals surface area (Å²) >= 11 is 0. The van der Waals surface area contributed by atoms with Crippen LogP contribution in [0.2, 0.25) is 0 Å². The lowest BCUT2D eigenvalue weighted by atomic mass is 9.81. The van der Waals surface area contributed by atoms with Gasteiger partial charge in [-0.15, -0.1) is 0 Å². The van der Waals surface area contributed by atoms with Crippen LogP contribution in [0.1, 0.15) is 6.92 Å². The lowest BCUT2D eigenvalue weighted by Crippen LogP contribution is -2.45. The third-order valence-corrected chi connectivity index (χ3v) is 2.10. The molecule has 0 atom stereocenters. The fourth-order valence-corrected chi connectivity index (χ4v) is 1.33. The minimum absolute atomic E-state index is 0.0274. The highest BCUT2D eigenvalue weighted by molar-refractivity contribution is 6.86. The summed E-state index contributed by atoms with van der Waals surface area (Å²) in [7, 11) is 0.498. The zero-order valence-electron chi connectivity index (χ0n) is 10.5. The maximum Gasteiger partial charge on any atom is 0.656 e. The molecule has 0 radical (unpaired) electrons. The smallest absolute Gasteiger partial charge is 0.493 e. The van der Waals surface area contributed by atoms with Crippen molar-refractivity contribution in [3.8, 4) is 0 Å². The lowest BCUT2D eigenvalue weighted by molar-refractivity contribution is -0.145. The van der Waals surface area contributed by atoms with Crippen LogP contribution in [-0.2, 0) is 18.9 Å². The molecule has 1 aliphatic rings. The van der Waals surface area contributed by atoms with Gasteiger partial charge in [-0.2, -0.15) is 0 Å². The third kappa shape index (κ3) is 4.17. The Morgan fingerprint density at radius 3 is 2.39 bits per heavy atom. The summed E-state index contributed by atoms with van der Waals surface area (Å²) in [5.74, 6) is -0.963. The van der Waals surface area contributed by atoms with Crippen molar-refractivity contribution in [2.24, 2.45) is 4.99 Å². The van der Waals surface area contributed by atoms with Crippen LogP contribution in [0.5, 0.6) is 0 Å². The Morgan fingerprint density at radius 1 is 1.39 bits per heavy atom. The highest BCUT2D eigenvalue weighted by atomic mass is 16.6. The molecule has 0 saturated carbocycles. The molecule has 0 N–H and O–H groups in total. The minimum Gasteiger partial charge on any atom is -0.493 e. The number of rotatable bonds is 3. The molecule has 7 heteroatoms. The van der Waals surface area contributed by atoms with E-state index in [2.05, 4.69) is 11.6 Å². The largest absolute Gasteiger partial charge is 0.656 e. The Morgan fingerprint density at radius 2 is 1.94 bits per heavy atom. The first-order chi connectivity index (χ1) is 8.56. The van der Waals surface area contributed by atoms with Gasteiger partial charge >= 0.3 is 19.1 Å². The predicted molar refractivity (Wildman–Crippen MR) is 67.9 cm³/mol. The normalized spacial score (nSPS) is 19.2. The summed E-state index contributed by atoms with van der Waals surface area (Å²) in [5.41, 5.74) is 0.277. The molecule has 0 aromatic heterocycles. The highest BCUT2D eigenvalue weighted by Gasteiger charge is 2.35. The number of nitrogens with zero attached hydrogens (tertiary/aromatic N) is 2. The van der Waals surface area contributed by atoms with Crippen LogP contribution in [0.3, 0.4) is 0 Å². The van der Waals surface area contributed by atoms with Gasteiger partial charge in [0.05, 0.1) is 13.1 Å². The average molecular weight is 250 g/mol. The number of hydrogen-bond acceptors (Lipinski definition) is 6. The van der Waals surface area contributed by atoms with Gasteiger partial charge in [0.15, 0.2) is 0 Å². The van der Waals surface area contributed by atoms with Gasteiger partial charge < -0.3 is 9.31 Å². The van der Waals surface area contributed by atoms with Crippen LogP contribution in [0.4, 0.5) is 0 Å². The van der Waals surface area contributed by atoms with Crippen LogP contribution in [0.25, 0.3) is 0 Å². The summed E-state index contributed by atoms with van der Waals surface area (Å²) in [6.07, 6.45) is 4.59. The molecule has 0 unspecified atom stereocenters. The summed E-state index contributed by atoms with van der Waals surface area (Å²) < 4.78 is 10.0. The van der Waals surface area contributed by atoms with Crippen molar-refractivity contribution in [3.05, 3.63) is 24.9 Å². The van der Waals surface area contributed by atoms with E-state index >= 15 is 0 Å². The fourth-order valence-electron chi connectivity index (χ4n) is 1.33. The van der Waals surface area contributed by atoms with Crippen molar-refractivity contribution in [3.63, 3.8) is 0 Å². The average Bonchev–Trinajstić information content (AvgIpc) is 2.27. The monoisotopic (exact) mass is 250 g/mol. The summed E-state index contributed by atoms with van der Waals surface area (Å²) in [6.45, 7) is 5.39. The van der Waals surface area contributed by atoms with E-state index in [-0.39, 0.29) is 18.7 Å². The van der Waals surface area contributed by atoms with E-state index in [4.69, 9.17) is 9.31 Å². The van der Waals surface area contributed by atoms with E-state index in [1.807, 2.05) is 0 Å². The summed E-state index contributed by atoms with van der Waals surface area (Å²) in [4.78, 5) is 28.5. The molecule has 1 fully saturated rings. The number of likely N-dealkylation sites (N-methyl/N-ethyl adjacent to an activating group) is 1. The summed E-state index contributed by atoms with van der Waals surface area (Å²) in [6, 6.07) is 0. The van der Waals surface area contributed by atoms with Gasteiger partial charge in [-0.3, -0.25) is 19.5 Å². The van der Waals surface area contributed by atoms with Crippen molar-refractivity contribution in [1.29, 1.82) is 0 Å². The molecular weight excluding hydrogens is 235 g/mol. The number of carbonyl (C=O) groups excluding carboxylic acids is 2. The Hall–Kier alpha value is -1.89. The van der Waals surface area contributed by atoms with Gasteiger partial charge in [-0.1, -0.05) is 12.7 Å². The minimum atomic E-state index is -1.13. The van der Waals surface area contributed by atoms with Gasteiger partial charge in [-0.25, -0.2) is 0 Å². The molecule has 0 aliphatic carbocycles. The quantitative estimate of drug-likeness (QED) is 0.529. The second kappa shape index (κ2) is 6.75. The van der Waals surface area contributed by atoms with E-state index in [1.54, 1.807) is 20.0 Å². The molecule has 1 saturated heterocycles. The van der Waals surface area contributed by atoms with Gasteiger partial charge in [0, 0.05) is 6.20 Å². The van der Waals surface area contributed by atoms with Crippen molar-refractivity contribution >= 4 is 24.7 Å². The van der Waals surface area contributed by atoms with E-state index in [9.17, 15) is 9.59 Å². The molecule has 0 aromatic carbocycles. The van der Waals surface area contributed by atoms with Gasteiger partial charge in [0.2, 0.25) is 0 Å². The Balaban J connectivity index is 2.88. The standard InChI is InChI=1S/C11H15BN2O4/c1-4-6-13-9(5-2)12-17-10(15)7-14(3)8-11(16)18-12/h4-6H,2,7-8H2,1,3H3/b6-4-,13-9+. The van der Waals surface area contributed by atoms with Crippen LogP contribution >= 0.6 is 0 Å². The molecule has 0 aromatic rings. The molecule has 18 heavy (non-hydrogen) atoms. The van der Waals surface area contributed by atoms with Crippen LogP contribution in [-0.4, -0.2) is 49.7 Å². The first kappa shape index (κ1) is 14.2. The number of allylic oxidation sites excluding steroid dienone is 2. The zero-order chi connectivity index (χ0) is 13.5. The Bertz CT molecular complexity index is 386. The maximum absolute atomic E-state index is 11.5. The maximum atomic E-state index is 11.5. The Kier molecular flexibility index (Phi) is 5.32. The predicted octanol–water partition coefficient (Wildman–Crippen LogP) is 0.206. The van der Waals surface area contributed by atoms with Crippen molar-refractivity contribution in [2.75, 3.05) is 20.1 Å². The van der Waals surface area contributed by atoms with Gasteiger partial charge in [0.1, 0.15) is 5.61 Å². The third-order valence-electron chi connectivity index (χ3n) is 2.10. The molecule has 1 rings (SSSR count). The van der Waals surface area contributed by atoms with Crippen molar-refractivity contribution in [2.45, 2.75) is 6.92 Å². The molecule has 96 valence electrons. The van der Waals surface area contributed by atoms with Crippen molar-refractivity contribution < 1.29 is 18.9 Å². The van der Waals surface area contributed by atoms with Gasteiger partial charge in [0.25, 0.3) is 0 Å². The Labute approximate surface area is 106 Å². The molecule has 1 aliphatic heterocycles. The zero-order valence-corrected chi connectivity index (χ0v) is 10.5. The second-order valence-corrected chi connectivity index (χ2v) is 3.72. The first-order valence-electron chi connectivity index (χ1n) is 5.45. The van der Waals surface area contributed by atoms with Crippen LogP contribution in [0.15, 0.2) is 29.9 Å². The van der Waals surface area contributed by atoms with E-state index < -0.39 is 19.1 Å². The molecule has 0 spiro atoms. The van der Waals surface area contributed by atoms with Crippen molar-refractivity contribution in [1.82, 2.24) is 4.90 Å². The van der Waals surface area contributed by atoms with Crippen LogP contribution in [0, 0.1) is 0 Å². The SMILES string of the molecule is C=C/C(=N\C=C/C)B1OC(=O)CN(C)CC(=O)O1. The number of carbonyl (C=O) groups is 2. The van der Waals surface area contributed by atoms with E-state index in [0.717, 1.165) is 0 Å². The van der Waals surface area contributed by atoms with Gasteiger partial charge in [-0.05, 0) is 20.0 Å². The summed E-state index contributed by atoms with van der Waals surface area (Å²) in [5, 5.41) is 0. The van der Waals surface area contributed by atoms with Crippen LogP contribution < -0.4 is 0 Å². The fraction of sp³-hybridized carbons (Fsp3) is 0.364. The second-order valence-electron chi connectivity index (χ2n) is 3.72. The molecule has 0 amide bonds. The number of aliphatic imine (C=N–C) groups is 1. The highest BCUT2D eigenvalue weighted by Crippen LogP contribution is 2.03. The topological polar surface area (TPSA) is 68.2 Å². The van der Waals surface area contributed by atoms with E-state index in [0.29, 0.717) is 0 Å². The first-order valence-corrected chi connectivity index (χ1v) is 5.45. The lowest BCUT2D eigenvalue weighted by Gasteiger charge is -2.22. The number of hydrogen-bond donors (Lipinski definition) is 0. The van der Waals surface area contributed by atoms with E-state index in [1.165, 1.54) is 17.2 Å².